The number of benzene rings is 1. The monoisotopic (exact) mass is 393 g/mol. The van der Waals surface area contributed by atoms with Gasteiger partial charge < -0.3 is 20.4 Å². The molecule has 0 amide bonds. The van der Waals surface area contributed by atoms with E-state index in [9.17, 15) is 0 Å². The van der Waals surface area contributed by atoms with Gasteiger partial charge in [0, 0.05) is 43.7 Å². The van der Waals surface area contributed by atoms with Crippen molar-refractivity contribution in [1.82, 2.24) is 20.5 Å². The number of aromatic nitrogens is 3. The van der Waals surface area contributed by atoms with Crippen LogP contribution in [0.4, 0.5) is 16.5 Å². The van der Waals surface area contributed by atoms with E-state index in [1.807, 2.05) is 6.20 Å². The van der Waals surface area contributed by atoms with E-state index in [4.69, 9.17) is 4.98 Å². The summed E-state index contributed by atoms with van der Waals surface area (Å²) in [6.45, 7) is 9.97. The van der Waals surface area contributed by atoms with Crippen LogP contribution in [0.3, 0.4) is 0 Å². The van der Waals surface area contributed by atoms with Crippen molar-refractivity contribution in [3.8, 4) is 0 Å². The van der Waals surface area contributed by atoms with E-state index in [0.717, 1.165) is 61.5 Å². The second-order valence-corrected chi connectivity index (χ2v) is 7.94. The van der Waals surface area contributed by atoms with Crippen molar-refractivity contribution in [2.24, 2.45) is 0 Å². The van der Waals surface area contributed by atoms with Crippen LogP contribution in [0.15, 0.2) is 42.4 Å². The highest BCUT2D eigenvalue weighted by Gasteiger charge is 2.23. The third-order valence-corrected chi connectivity index (χ3v) is 6.14. The molecular weight excluding hydrogens is 370 g/mol. The lowest BCUT2D eigenvalue weighted by Crippen LogP contribution is -2.43. The van der Waals surface area contributed by atoms with Crippen LogP contribution in [-0.4, -0.2) is 41.4 Å². The number of nitrogens with zero attached hydrogens (tertiary/aromatic N) is 4. The van der Waals surface area contributed by atoms with Crippen molar-refractivity contribution < 1.29 is 0 Å². The van der Waals surface area contributed by atoms with Crippen LogP contribution >= 0.6 is 11.3 Å². The molecule has 0 aliphatic carbocycles. The minimum Gasteiger partial charge on any atom is -0.367 e. The summed E-state index contributed by atoms with van der Waals surface area (Å²) in [5, 5.41) is 17.1. The number of rotatable bonds is 5. The number of aromatic amines is 1. The van der Waals surface area contributed by atoms with Gasteiger partial charge >= 0.3 is 0 Å². The van der Waals surface area contributed by atoms with E-state index < -0.39 is 0 Å². The predicted molar refractivity (Wildman–Crippen MR) is 115 cm³/mol. The summed E-state index contributed by atoms with van der Waals surface area (Å²) in [4.78, 5) is 9.49. The fraction of sp³-hybridized carbons (Fsp3) is 0.300. The number of thiazole rings is 1. The Morgan fingerprint density at radius 3 is 2.86 bits per heavy atom. The van der Waals surface area contributed by atoms with E-state index in [2.05, 4.69) is 66.9 Å². The van der Waals surface area contributed by atoms with Gasteiger partial charge in [-0.1, -0.05) is 18.7 Å². The summed E-state index contributed by atoms with van der Waals surface area (Å²) in [5.74, 6) is 0. The molecule has 2 aliphatic heterocycles. The number of para-hydroxylation sites is 2. The second-order valence-electron chi connectivity index (χ2n) is 7.10. The molecular formula is C20H23N7S. The highest BCUT2D eigenvalue weighted by molar-refractivity contribution is 7.13. The van der Waals surface area contributed by atoms with Crippen molar-refractivity contribution >= 4 is 33.5 Å². The molecule has 1 aromatic carbocycles. The van der Waals surface area contributed by atoms with Gasteiger partial charge in [0.05, 0.1) is 41.2 Å². The summed E-state index contributed by atoms with van der Waals surface area (Å²) in [6, 6.07) is 8.41. The summed E-state index contributed by atoms with van der Waals surface area (Å²) in [6.07, 6.45) is 1.90. The maximum atomic E-state index is 4.82. The summed E-state index contributed by atoms with van der Waals surface area (Å²) in [5.41, 5.74) is 6.43. The number of nitrogens with one attached hydrogen (secondary N) is 3. The van der Waals surface area contributed by atoms with Crippen molar-refractivity contribution in [2.45, 2.75) is 13.1 Å². The molecule has 3 aromatic rings. The first kappa shape index (κ1) is 17.3. The van der Waals surface area contributed by atoms with Crippen LogP contribution in [0.1, 0.15) is 17.0 Å². The first-order chi connectivity index (χ1) is 13.8. The van der Waals surface area contributed by atoms with E-state index in [-0.39, 0.29) is 0 Å². The highest BCUT2D eigenvalue weighted by atomic mass is 32.1. The van der Waals surface area contributed by atoms with Gasteiger partial charge in [0.1, 0.15) is 0 Å². The van der Waals surface area contributed by atoms with Crippen molar-refractivity contribution in [3.05, 3.63) is 59.4 Å². The van der Waals surface area contributed by atoms with Crippen molar-refractivity contribution in [2.75, 3.05) is 41.3 Å². The Bertz CT molecular complexity index is 965. The van der Waals surface area contributed by atoms with Crippen LogP contribution in [-0.2, 0) is 13.1 Å². The Kier molecular flexibility index (Phi) is 4.50. The van der Waals surface area contributed by atoms with Crippen molar-refractivity contribution in [1.29, 1.82) is 0 Å². The van der Waals surface area contributed by atoms with Crippen LogP contribution in [0.25, 0.3) is 5.70 Å². The van der Waals surface area contributed by atoms with Crippen LogP contribution < -0.4 is 20.4 Å². The molecule has 0 spiro atoms. The average Bonchev–Trinajstić information content (AvgIpc) is 3.45. The lowest BCUT2D eigenvalue weighted by molar-refractivity contribution is 0.589. The first-order valence-electron chi connectivity index (χ1n) is 9.50. The Morgan fingerprint density at radius 1 is 1.14 bits per heavy atom. The smallest absolute Gasteiger partial charge is 0.186 e. The van der Waals surface area contributed by atoms with E-state index in [1.165, 1.54) is 16.9 Å². The van der Waals surface area contributed by atoms with Crippen LogP contribution in [0.2, 0.25) is 0 Å². The molecule has 0 atom stereocenters. The molecule has 1 saturated heterocycles. The van der Waals surface area contributed by atoms with Gasteiger partial charge in [-0.05, 0) is 12.1 Å². The molecule has 7 nitrogen and oxygen atoms in total. The van der Waals surface area contributed by atoms with E-state index >= 15 is 0 Å². The molecule has 3 N–H and O–H groups in total. The summed E-state index contributed by atoms with van der Waals surface area (Å²) < 4.78 is 0. The van der Waals surface area contributed by atoms with Crippen molar-refractivity contribution in [3.63, 3.8) is 0 Å². The van der Waals surface area contributed by atoms with Gasteiger partial charge in [0.15, 0.2) is 5.13 Å². The fourth-order valence-corrected chi connectivity index (χ4v) is 4.58. The van der Waals surface area contributed by atoms with Gasteiger partial charge in [0.2, 0.25) is 0 Å². The molecule has 0 saturated carbocycles. The third kappa shape index (κ3) is 3.25. The van der Waals surface area contributed by atoms with Gasteiger partial charge in [0.25, 0.3) is 0 Å². The zero-order chi connectivity index (χ0) is 18.9. The molecule has 144 valence electrons. The lowest BCUT2D eigenvalue weighted by atomic mass is 10.2. The van der Waals surface area contributed by atoms with Gasteiger partial charge in [-0.25, -0.2) is 4.98 Å². The number of anilines is 3. The molecule has 1 fully saturated rings. The topological polar surface area (TPSA) is 72.1 Å². The van der Waals surface area contributed by atoms with E-state index in [0.29, 0.717) is 0 Å². The number of fused-ring (bicyclic) bond motifs is 1. The largest absolute Gasteiger partial charge is 0.367 e. The molecule has 2 aliphatic rings. The first-order valence-corrected chi connectivity index (χ1v) is 10.4. The zero-order valence-corrected chi connectivity index (χ0v) is 16.4. The number of hydrogen-bond donors (Lipinski definition) is 3. The predicted octanol–water partition coefficient (Wildman–Crippen LogP) is 2.88. The Morgan fingerprint density at radius 2 is 2.00 bits per heavy atom. The van der Waals surface area contributed by atoms with Gasteiger partial charge in [-0.2, -0.15) is 5.10 Å². The third-order valence-electron chi connectivity index (χ3n) is 5.24. The fourth-order valence-electron chi connectivity index (χ4n) is 3.73. The standard InChI is InChI=1S/C20H23N7S/c1-14(23-16-4-2-3-5-19(16)26-8-6-21-7-9-26)18-13-28-20(24-18)27-11-15-10-22-25-17(15)12-27/h2-5,10,13,21,23H,1,6-9,11-12H2,(H,22,25). The molecule has 0 bridgehead atoms. The molecule has 0 radical (unpaired) electrons. The van der Waals surface area contributed by atoms with E-state index in [1.54, 1.807) is 11.3 Å². The lowest BCUT2D eigenvalue weighted by Gasteiger charge is -2.31. The maximum Gasteiger partial charge on any atom is 0.186 e. The Hall–Kier alpha value is -2.84. The highest BCUT2D eigenvalue weighted by Crippen LogP contribution is 2.33. The minimum absolute atomic E-state index is 0.824. The SMILES string of the molecule is C=C(Nc1ccccc1N1CCNCC1)c1csc(N2Cc3cn[nH]c3C2)n1. The number of piperazine rings is 1. The molecule has 28 heavy (non-hydrogen) atoms. The second kappa shape index (κ2) is 7.29. The maximum absolute atomic E-state index is 4.82. The normalized spacial score (nSPS) is 16.3. The van der Waals surface area contributed by atoms with Crippen LogP contribution in [0, 0.1) is 0 Å². The molecule has 2 aromatic heterocycles. The minimum atomic E-state index is 0.824. The van der Waals surface area contributed by atoms with Gasteiger partial charge in [-0.3, -0.25) is 5.10 Å². The average molecular weight is 394 g/mol. The quantitative estimate of drug-likeness (QED) is 0.619. The summed E-state index contributed by atoms with van der Waals surface area (Å²) in [7, 11) is 0. The Balaban J connectivity index is 1.30. The zero-order valence-electron chi connectivity index (χ0n) is 15.6. The molecule has 0 unspecified atom stereocenters. The number of hydrogen-bond acceptors (Lipinski definition) is 7. The molecule has 8 heteroatoms. The summed E-state index contributed by atoms with van der Waals surface area (Å²) >= 11 is 1.65. The van der Waals surface area contributed by atoms with Gasteiger partial charge in [-0.15, -0.1) is 11.3 Å². The number of H-pyrrole nitrogens is 1. The molecule has 4 heterocycles. The van der Waals surface area contributed by atoms with Crippen LogP contribution in [0.5, 0.6) is 0 Å². The molecule has 5 rings (SSSR count). The Labute approximate surface area is 168 Å².